The van der Waals surface area contributed by atoms with Crippen LogP contribution in [-0.2, 0) is 0 Å². The van der Waals surface area contributed by atoms with E-state index in [-0.39, 0.29) is 11.1 Å². The van der Waals surface area contributed by atoms with Gasteiger partial charge < -0.3 is 15.5 Å². The first kappa shape index (κ1) is 28.5. The molecule has 2 N–H and O–H groups in total. The molecule has 1 saturated heterocycles. The van der Waals surface area contributed by atoms with Gasteiger partial charge in [0.1, 0.15) is 17.6 Å². The summed E-state index contributed by atoms with van der Waals surface area (Å²) in [5.74, 6) is -0.529. The summed E-state index contributed by atoms with van der Waals surface area (Å²) in [5.41, 5.74) is 4.79. The SMILES string of the molecule is CCN1CC2(CC(n3cc([C@@H](Nc4cc(Cl)c5ncc(C#N)c(Nc6ccc(F)c(Cl)c6)c5c4)c4ccccc4)nn3)C2)C1. The fraction of sp³-hybridized carbons (Fsp3) is 0.273. The Morgan fingerprint density at radius 1 is 1.07 bits per heavy atom. The third-order valence-electron chi connectivity index (χ3n) is 8.78. The molecule has 2 fully saturated rings. The lowest BCUT2D eigenvalue weighted by molar-refractivity contribution is -0.0891. The van der Waals surface area contributed by atoms with Crippen LogP contribution in [0.1, 0.15) is 48.7 Å². The zero-order valence-corrected chi connectivity index (χ0v) is 25.4. The van der Waals surface area contributed by atoms with Crippen LogP contribution in [0.25, 0.3) is 10.9 Å². The van der Waals surface area contributed by atoms with E-state index in [9.17, 15) is 9.65 Å². The smallest absolute Gasteiger partial charge is 0.141 e. The van der Waals surface area contributed by atoms with E-state index in [1.807, 2.05) is 53.3 Å². The van der Waals surface area contributed by atoms with E-state index in [2.05, 4.69) is 43.8 Å². The molecule has 11 heteroatoms. The van der Waals surface area contributed by atoms with Gasteiger partial charge >= 0.3 is 0 Å². The summed E-state index contributed by atoms with van der Waals surface area (Å²) in [6, 6.07) is 20.3. The summed E-state index contributed by atoms with van der Waals surface area (Å²) in [6.45, 7) is 5.66. The lowest BCUT2D eigenvalue weighted by Crippen LogP contribution is -2.62. The molecular formula is C33H29Cl2FN8. The highest BCUT2D eigenvalue weighted by Gasteiger charge is 2.52. The maximum Gasteiger partial charge on any atom is 0.141 e. The highest BCUT2D eigenvalue weighted by Crippen LogP contribution is 2.53. The Hall–Kier alpha value is -4.23. The van der Waals surface area contributed by atoms with Crippen molar-refractivity contribution in [3.63, 3.8) is 0 Å². The number of nitrogens with zero attached hydrogens (tertiary/aromatic N) is 6. The van der Waals surface area contributed by atoms with Crippen molar-refractivity contribution < 1.29 is 4.39 Å². The van der Waals surface area contributed by atoms with E-state index in [1.54, 1.807) is 6.07 Å². The van der Waals surface area contributed by atoms with Crippen molar-refractivity contribution in [3.8, 4) is 6.07 Å². The number of pyridine rings is 1. The lowest BCUT2D eigenvalue weighted by Gasteiger charge is -2.58. The maximum absolute atomic E-state index is 13.8. The first-order chi connectivity index (χ1) is 21.3. The Kier molecular flexibility index (Phi) is 7.37. The molecule has 1 aliphatic heterocycles. The van der Waals surface area contributed by atoms with E-state index in [0.717, 1.165) is 30.6 Å². The van der Waals surface area contributed by atoms with E-state index in [1.165, 1.54) is 31.4 Å². The molecule has 0 unspecified atom stereocenters. The summed E-state index contributed by atoms with van der Waals surface area (Å²) in [4.78, 5) is 6.94. The average Bonchev–Trinajstić information content (AvgIpc) is 3.47. The topological polar surface area (TPSA) is 94.7 Å². The van der Waals surface area contributed by atoms with Crippen molar-refractivity contribution in [3.05, 3.63) is 106 Å². The quantitative estimate of drug-likeness (QED) is 0.182. The predicted molar refractivity (Wildman–Crippen MR) is 171 cm³/mol. The number of fused-ring (bicyclic) bond motifs is 1. The number of rotatable bonds is 8. The number of nitriles is 1. The number of anilines is 3. The molecule has 2 aromatic heterocycles. The molecule has 2 aliphatic rings. The molecule has 8 nitrogen and oxygen atoms in total. The second kappa shape index (κ2) is 11.4. The monoisotopic (exact) mass is 626 g/mol. The molecule has 1 spiro atoms. The van der Waals surface area contributed by atoms with Crippen molar-refractivity contribution in [2.24, 2.45) is 5.41 Å². The van der Waals surface area contributed by atoms with Gasteiger partial charge in [-0.3, -0.25) is 4.98 Å². The van der Waals surface area contributed by atoms with Gasteiger partial charge in [0.05, 0.1) is 45.1 Å². The molecule has 0 bridgehead atoms. The minimum atomic E-state index is -0.529. The first-order valence-electron chi connectivity index (χ1n) is 14.5. The van der Waals surface area contributed by atoms with Crippen molar-refractivity contribution in [1.29, 1.82) is 5.26 Å². The second-order valence-electron chi connectivity index (χ2n) is 11.7. The van der Waals surface area contributed by atoms with Crippen LogP contribution in [0.4, 0.5) is 21.5 Å². The molecule has 3 aromatic carbocycles. The minimum absolute atomic E-state index is 0.0290. The summed E-state index contributed by atoms with van der Waals surface area (Å²) < 4.78 is 15.8. The Morgan fingerprint density at radius 2 is 1.84 bits per heavy atom. The van der Waals surface area contributed by atoms with Gasteiger partial charge in [-0.1, -0.05) is 65.7 Å². The van der Waals surface area contributed by atoms with Gasteiger partial charge in [-0.2, -0.15) is 5.26 Å². The Morgan fingerprint density at radius 3 is 2.57 bits per heavy atom. The molecule has 44 heavy (non-hydrogen) atoms. The number of halogens is 3. The highest BCUT2D eigenvalue weighted by molar-refractivity contribution is 6.36. The molecule has 1 aliphatic carbocycles. The zero-order valence-electron chi connectivity index (χ0n) is 23.9. The number of benzene rings is 3. The molecule has 1 saturated carbocycles. The fourth-order valence-electron chi connectivity index (χ4n) is 6.53. The summed E-state index contributed by atoms with van der Waals surface area (Å²) in [6.07, 6.45) is 5.76. The summed E-state index contributed by atoms with van der Waals surface area (Å²) in [5, 5.41) is 26.9. The van der Waals surface area contributed by atoms with E-state index in [4.69, 9.17) is 23.2 Å². The average molecular weight is 628 g/mol. The largest absolute Gasteiger partial charge is 0.373 e. The highest BCUT2D eigenvalue weighted by atomic mass is 35.5. The van der Waals surface area contributed by atoms with E-state index in [0.29, 0.717) is 50.0 Å². The van der Waals surface area contributed by atoms with Crippen molar-refractivity contribution in [2.45, 2.75) is 31.8 Å². The summed E-state index contributed by atoms with van der Waals surface area (Å²) >= 11 is 12.8. The molecule has 7 rings (SSSR count). The van der Waals surface area contributed by atoms with Crippen molar-refractivity contribution >= 4 is 51.2 Å². The van der Waals surface area contributed by atoms with Crippen molar-refractivity contribution in [1.82, 2.24) is 24.9 Å². The van der Waals surface area contributed by atoms with Crippen LogP contribution < -0.4 is 10.6 Å². The Labute approximate surface area is 264 Å². The molecule has 1 atom stereocenters. The molecular weight excluding hydrogens is 598 g/mol. The van der Waals surface area contributed by atoms with Crippen LogP contribution in [0.5, 0.6) is 0 Å². The Bertz CT molecular complexity index is 1890. The van der Waals surface area contributed by atoms with Crippen LogP contribution in [-0.4, -0.2) is 44.5 Å². The van der Waals surface area contributed by atoms with Gasteiger partial charge in [-0.05, 0) is 60.7 Å². The van der Waals surface area contributed by atoms with Gasteiger partial charge in [0.25, 0.3) is 0 Å². The van der Waals surface area contributed by atoms with Crippen LogP contribution in [0.15, 0.2) is 73.1 Å². The Balaban J connectivity index is 1.22. The van der Waals surface area contributed by atoms with Crippen LogP contribution in [0.3, 0.4) is 0 Å². The normalized spacial score (nSPS) is 16.7. The second-order valence-corrected chi connectivity index (χ2v) is 12.6. The van der Waals surface area contributed by atoms with Gasteiger partial charge in [0.15, 0.2) is 0 Å². The molecule has 3 heterocycles. The fourth-order valence-corrected chi connectivity index (χ4v) is 6.98. The zero-order chi connectivity index (χ0) is 30.4. The predicted octanol–water partition coefficient (Wildman–Crippen LogP) is 7.75. The third kappa shape index (κ3) is 5.23. The van der Waals surface area contributed by atoms with Crippen LogP contribution in [0, 0.1) is 22.6 Å². The lowest BCUT2D eigenvalue weighted by atomic mass is 9.60. The molecule has 0 amide bonds. The molecule has 5 aromatic rings. The molecule has 222 valence electrons. The third-order valence-corrected chi connectivity index (χ3v) is 9.36. The number of hydrogen-bond donors (Lipinski definition) is 2. The van der Waals surface area contributed by atoms with Gasteiger partial charge in [0.2, 0.25) is 0 Å². The number of hydrogen-bond acceptors (Lipinski definition) is 7. The number of aromatic nitrogens is 4. The van der Waals surface area contributed by atoms with E-state index >= 15 is 0 Å². The number of nitrogens with one attached hydrogen (secondary N) is 2. The first-order valence-corrected chi connectivity index (χ1v) is 15.3. The standard InChI is InChI=1S/C33H29Cl2FN8/c1-2-43-18-33(19-43)13-24(14-33)44-17-29(41-42-44)31(20-6-4-3-5-7-20)40-23-10-25-30(39-22-8-9-28(36)26(34)11-22)21(15-37)16-38-32(25)27(35)12-23/h3-12,16-17,24,31,40H,2,13-14,18-19H2,1H3,(H,38,39)/t31-/m0/s1. The van der Waals surface area contributed by atoms with Crippen LogP contribution in [0.2, 0.25) is 10.0 Å². The number of likely N-dealkylation sites (tertiary alicyclic amines) is 1. The maximum atomic E-state index is 13.8. The van der Waals surface area contributed by atoms with Crippen molar-refractivity contribution in [2.75, 3.05) is 30.3 Å². The van der Waals surface area contributed by atoms with Crippen LogP contribution >= 0.6 is 23.2 Å². The van der Waals surface area contributed by atoms with Gasteiger partial charge in [0, 0.05) is 36.0 Å². The van der Waals surface area contributed by atoms with Gasteiger partial charge in [-0.25, -0.2) is 9.07 Å². The van der Waals surface area contributed by atoms with Gasteiger partial charge in [-0.15, -0.1) is 5.10 Å². The summed E-state index contributed by atoms with van der Waals surface area (Å²) in [7, 11) is 0. The minimum Gasteiger partial charge on any atom is -0.373 e. The molecule has 0 radical (unpaired) electrons. The van der Waals surface area contributed by atoms with E-state index < -0.39 is 5.82 Å².